The number of amides is 2. The molecule has 6 nitrogen and oxygen atoms in total. The van der Waals surface area contributed by atoms with Crippen molar-refractivity contribution in [1.82, 2.24) is 0 Å². The standard InChI is InChI=1S/C19H19N3O3S/c1-25-12-6-4-11(5-7-12)22-17(23)14-15(18(22)24)26-16(21)13(10-20)19(14)8-2-3-9-19/h4-7,14-15H,2-3,8-9,21H2,1H3/t14-,15+/m0/s1. The zero-order valence-electron chi connectivity index (χ0n) is 14.4. The first kappa shape index (κ1) is 17.0. The van der Waals surface area contributed by atoms with Crippen LogP contribution >= 0.6 is 11.8 Å². The number of carbonyl (C=O) groups is 2. The Morgan fingerprint density at radius 3 is 2.46 bits per heavy atom. The van der Waals surface area contributed by atoms with Gasteiger partial charge in [0.1, 0.15) is 11.0 Å². The minimum Gasteiger partial charge on any atom is -0.497 e. The van der Waals surface area contributed by atoms with Crippen molar-refractivity contribution >= 4 is 29.3 Å². The van der Waals surface area contributed by atoms with Crippen LogP contribution in [-0.4, -0.2) is 24.2 Å². The fourth-order valence-corrected chi connectivity index (χ4v) is 5.97. The maximum atomic E-state index is 13.3. The lowest BCUT2D eigenvalue weighted by Gasteiger charge is -2.39. The molecule has 1 aromatic carbocycles. The maximum absolute atomic E-state index is 13.3. The summed E-state index contributed by atoms with van der Waals surface area (Å²) < 4.78 is 5.15. The van der Waals surface area contributed by atoms with Gasteiger partial charge in [0.15, 0.2) is 0 Å². The maximum Gasteiger partial charge on any atom is 0.248 e. The van der Waals surface area contributed by atoms with Gasteiger partial charge in [-0.2, -0.15) is 5.26 Å². The highest BCUT2D eigenvalue weighted by Crippen LogP contribution is 2.60. The highest BCUT2D eigenvalue weighted by atomic mass is 32.2. The highest BCUT2D eigenvalue weighted by molar-refractivity contribution is 8.04. The number of nitrogens with two attached hydrogens (primary N) is 1. The minimum atomic E-state index is -0.595. The lowest BCUT2D eigenvalue weighted by Crippen LogP contribution is -2.43. The number of thioether (sulfide) groups is 1. The first-order chi connectivity index (χ1) is 12.5. The van der Waals surface area contributed by atoms with Crippen LogP contribution in [0, 0.1) is 22.7 Å². The molecule has 134 valence electrons. The molecule has 2 amide bonds. The van der Waals surface area contributed by atoms with E-state index < -0.39 is 16.6 Å². The fourth-order valence-electron chi connectivity index (χ4n) is 4.61. The van der Waals surface area contributed by atoms with E-state index in [-0.39, 0.29) is 11.8 Å². The van der Waals surface area contributed by atoms with Crippen LogP contribution < -0.4 is 15.4 Å². The van der Waals surface area contributed by atoms with E-state index in [9.17, 15) is 14.9 Å². The van der Waals surface area contributed by atoms with Crippen molar-refractivity contribution in [2.75, 3.05) is 12.0 Å². The molecule has 2 N–H and O–H groups in total. The normalized spacial score (nSPS) is 27.0. The van der Waals surface area contributed by atoms with Crippen LogP contribution in [0.25, 0.3) is 0 Å². The van der Waals surface area contributed by atoms with Crippen LogP contribution in [0.2, 0.25) is 0 Å². The molecule has 0 aromatic heterocycles. The Bertz CT molecular complexity index is 850. The number of hydrogen-bond acceptors (Lipinski definition) is 6. The molecule has 26 heavy (non-hydrogen) atoms. The smallest absolute Gasteiger partial charge is 0.248 e. The average molecular weight is 369 g/mol. The number of ether oxygens (including phenoxy) is 1. The molecule has 2 fully saturated rings. The number of rotatable bonds is 2. The van der Waals surface area contributed by atoms with Gasteiger partial charge in [0.25, 0.3) is 0 Å². The molecular weight excluding hydrogens is 350 g/mol. The Labute approximate surface area is 156 Å². The van der Waals surface area contributed by atoms with Crippen LogP contribution in [-0.2, 0) is 9.59 Å². The fraction of sp³-hybridized carbons (Fsp3) is 0.421. The van der Waals surface area contributed by atoms with Crippen molar-refractivity contribution in [1.29, 1.82) is 5.26 Å². The first-order valence-corrected chi connectivity index (χ1v) is 9.50. The van der Waals surface area contributed by atoms with Gasteiger partial charge in [-0.15, -0.1) is 0 Å². The van der Waals surface area contributed by atoms with Crippen LogP contribution in [0.1, 0.15) is 25.7 Å². The van der Waals surface area contributed by atoms with Crippen molar-refractivity contribution in [3.8, 4) is 11.8 Å². The van der Waals surface area contributed by atoms with Gasteiger partial charge < -0.3 is 10.5 Å². The molecule has 1 saturated heterocycles. The predicted molar refractivity (Wildman–Crippen MR) is 98.1 cm³/mol. The van der Waals surface area contributed by atoms with Crippen LogP contribution in [0.15, 0.2) is 34.9 Å². The Morgan fingerprint density at radius 2 is 1.88 bits per heavy atom. The van der Waals surface area contributed by atoms with Gasteiger partial charge in [-0.25, -0.2) is 4.90 Å². The van der Waals surface area contributed by atoms with E-state index in [1.54, 1.807) is 31.4 Å². The predicted octanol–water partition coefficient (Wildman–Crippen LogP) is 2.55. The summed E-state index contributed by atoms with van der Waals surface area (Å²) in [6.45, 7) is 0. The van der Waals surface area contributed by atoms with Crippen LogP contribution in [0.4, 0.5) is 5.69 Å². The van der Waals surface area contributed by atoms with Crippen LogP contribution in [0.3, 0.4) is 0 Å². The number of fused-ring (bicyclic) bond motifs is 2. The summed E-state index contributed by atoms with van der Waals surface area (Å²) in [6, 6.07) is 9.11. The third kappa shape index (κ3) is 2.18. The van der Waals surface area contributed by atoms with Crippen molar-refractivity contribution in [2.45, 2.75) is 30.9 Å². The van der Waals surface area contributed by atoms with Crippen LogP contribution in [0.5, 0.6) is 5.75 Å². The molecular formula is C19H19N3O3S. The second kappa shape index (κ2) is 6.06. The molecule has 3 aliphatic rings. The van der Waals surface area contributed by atoms with E-state index in [0.29, 0.717) is 22.0 Å². The molecule has 2 aliphatic heterocycles. The Kier molecular flexibility index (Phi) is 3.96. The summed E-state index contributed by atoms with van der Waals surface area (Å²) in [7, 11) is 1.56. The monoisotopic (exact) mass is 369 g/mol. The van der Waals surface area contributed by atoms with Crippen molar-refractivity contribution in [3.05, 3.63) is 34.9 Å². The van der Waals surface area contributed by atoms with Gasteiger partial charge in [-0.1, -0.05) is 24.6 Å². The third-order valence-electron chi connectivity index (χ3n) is 5.78. The number of anilines is 1. The highest BCUT2D eigenvalue weighted by Gasteiger charge is 2.62. The zero-order valence-corrected chi connectivity index (χ0v) is 15.2. The summed E-state index contributed by atoms with van der Waals surface area (Å²) in [6.07, 6.45) is 3.34. The topological polar surface area (TPSA) is 96.4 Å². The lowest BCUT2D eigenvalue weighted by molar-refractivity contribution is -0.123. The van der Waals surface area contributed by atoms with E-state index in [1.165, 1.54) is 16.7 Å². The molecule has 0 unspecified atom stereocenters. The summed E-state index contributed by atoms with van der Waals surface area (Å²) in [5, 5.41) is 9.52. The van der Waals surface area contributed by atoms with E-state index >= 15 is 0 Å². The number of benzene rings is 1. The molecule has 1 aromatic rings. The minimum absolute atomic E-state index is 0.222. The Hall–Kier alpha value is -2.46. The number of nitrogens with zero attached hydrogens (tertiary/aromatic N) is 2. The molecule has 0 radical (unpaired) electrons. The van der Waals surface area contributed by atoms with Gasteiger partial charge in [0, 0.05) is 5.41 Å². The van der Waals surface area contributed by atoms with Crippen molar-refractivity contribution < 1.29 is 14.3 Å². The number of hydrogen-bond donors (Lipinski definition) is 1. The quantitative estimate of drug-likeness (QED) is 0.805. The second-order valence-corrected chi connectivity index (χ2v) is 8.12. The van der Waals surface area contributed by atoms with Crippen molar-refractivity contribution in [2.24, 2.45) is 17.1 Å². The molecule has 2 heterocycles. The summed E-state index contributed by atoms with van der Waals surface area (Å²) in [5.74, 6) is -0.336. The molecule has 7 heteroatoms. The molecule has 1 aliphatic carbocycles. The molecule has 1 spiro atoms. The zero-order chi connectivity index (χ0) is 18.5. The van der Waals surface area contributed by atoms with Gasteiger partial charge in [-0.05, 0) is 37.1 Å². The number of imide groups is 1. The molecule has 1 saturated carbocycles. The summed E-state index contributed by atoms with van der Waals surface area (Å²) in [4.78, 5) is 27.7. The van der Waals surface area contributed by atoms with Gasteiger partial charge in [0.05, 0.1) is 35.4 Å². The number of carbonyl (C=O) groups excluding carboxylic acids is 2. The second-order valence-electron chi connectivity index (χ2n) is 6.94. The van der Waals surface area contributed by atoms with Gasteiger partial charge >= 0.3 is 0 Å². The average Bonchev–Trinajstić information content (AvgIpc) is 3.20. The lowest BCUT2D eigenvalue weighted by atomic mass is 9.67. The van der Waals surface area contributed by atoms with E-state index in [1.807, 2.05) is 0 Å². The molecule has 0 bridgehead atoms. The van der Waals surface area contributed by atoms with Crippen molar-refractivity contribution in [3.63, 3.8) is 0 Å². The summed E-state index contributed by atoms with van der Waals surface area (Å²) in [5.41, 5.74) is 6.58. The Morgan fingerprint density at radius 1 is 1.23 bits per heavy atom. The van der Waals surface area contributed by atoms with E-state index in [2.05, 4.69) is 6.07 Å². The van der Waals surface area contributed by atoms with E-state index in [0.717, 1.165) is 25.7 Å². The SMILES string of the molecule is COc1ccc(N2C(=O)[C@@H]3[C@@H](SC(N)=C(C#N)C34CCCC4)C2=O)cc1. The van der Waals surface area contributed by atoms with Gasteiger partial charge in [-0.3, -0.25) is 9.59 Å². The van der Waals surface area contributed by atoms with Gasteiger partial charge in [0.2, 0.25) is 11.8 Å². The largest absolute Gasteiger partial charge is 0.497 e. The number of methoxy groups -OCH3 is 1. The number of nitriles is 1. The first-order valence-electron chi connectivity index (χ1n) is 8.62. The Balaban J connectivity index is 1.78. The molecule has 2 atom stereocenters. The van der Waals surface area contributed by atoms with E-state index in [4.69, 9.17) is 10.5 Å². The summed E-state index contributed by atoms with van der Waals surface area (Å²) >= 11 is 1.17. The third-order valence-corrected chi connectivity index (χ3v) is 6.97. The number of allylic oxidation sites excluding steroid dienone is 1. The molecule has 4 rings (SSSR count).